The third-order valence-electron chi connectivity index (χ3n) is 2.18. The first-order valence-corrected chi connectivity index (χ1v) is 4.22. The van der Waals surface area contributed by atoms with E-state index < -0.39 is 5.97 Å². The Kier molecular flexibility index (Phi) is 3.47. The lowest BCUT2D eigenvalue weighted by Crippen LogP contribution is -2.39. The number of nitrogens with zero attached hydrogens (tertiary/aromatic N) is 1. The number of piperidine rings is 1. The SMILES string of the molecule is O=C(O)CN1CCC[C@H](CF)C1. The fourth-order valence-electron chi connectivity index (χ4n) is 1.61. The number of aliphatic carboxylic acids is 1. The van der Waals surface area contributed by atoms with Gasteiger partial charge in [-0.3, -0.25) is 14.1 Å². The van der Waals surface area contributed by atoms with E-state index in [0.29, 0.717) is 6.54 Å². The van der Waals surface area contributed by atoms with Gasteiger partial charge in [-0.2, -0.15) is 0 Å². The van der Waals surface area contributed by atoms with E-state index in [0.717, 1.165) is 19.4 Å². The molecule has 0 unspecified atom stereocenters. The monoisotopic (exact) mass is 175 g/mol. The zero-order chi connectivity index (χ0) is 8.97. The smallest absolute Gasteiger partial charge is 0.317 e. The first-order valence-electron chi connectivity index (χ1n) is 4.22. The van der Waals surface area contributed by atoms with Gasteiger partial charge in [-0.1, -0.05) is 0 Å². The standard InChI is InChI=1S/C8H14FNO2/c9-4-7-2-1-3-10(5-7)6-8(11)12/h7H,1-6H2,(H,11,12)/t7-/m1/s1. The normalized spacial score (nSPS) is 25.6. The molecule has 0 radical (unpaired) electrons. The van der Waals surface area contributed by atoms with E-state index in [-0.39, 0.29) is 19.1 Å². The van der Waals surface area contributed by atoms with Crippen molar-refractivity contribution >= 4 is 5.97 Å². The Morgan fingerprint density at radius 2 is 2.42 bits per heavy atom. The molecule has 1 fully saturated rings. The largest absolute Gasteiger partial charge is 0.480 e. The summed E-state index contributed by atoms with van der Waals surface area (Å²) in [4.78, 5) is 12.1. The van der Waals surface area contributed by atoms with Crippen molar-refractivity contribution in [2.75, 3.05) is 26.3 Å². The minimum atomic E-state index is -0.825. The summed E-state index contributed by atoms with van der Waals surface area (Å²) in [5.74, 6) is -0.771. The molecule has 0 amide bonds. The van der Waals surface area contributed by atoms with E-state index in [1.807, 2.05) is 0 Å². The molecule has 4 heteroatoms. The lowest BCUT2D eigenvalue weighted by molar-refractivity contribution is -0.138. The first kappa shape index (κ1) is 9.45. The highest BCUT2D eigenvalue weighted by Crippen LogP contribution is 2.16. The third-order valence-corrected chi connectivity index (χ3v) is 2.18. The third kappa shape index (κ3) is 2.77. The van der Waals surface area contributed by atoms with Crippen LogP contribution in [0.3, 0.4) is 0 Å². The highest BCUT2D eigenvalue weighted by Gasteiger charge is 2.20. The minimum Gasteiger partial charge on any atom is -0.480 e. The summed E-state index contributed by atoms with van der Waals surface area (Å²) in [5.41, 5.74) is 0. The van der Waals surface area contributed by atoms with E-state index in [1.54, 1.807) is 4.90 Å². The van der Waals surface area contributed by atoms with Crippen LogP contribution in [-0.2, 0) is 4.79 Å². The fraction of sp³-hybridized carbons (Fsp3) is 0.875. The second-order valence-electron chi connectivity index (χ2n) is 3.29. The number of likely N-dealkylation sites (tertiary alicyclic amines) is 1. The number of rotatable bonds is 3. The molecule has 1 saturated heterocycles. The van der Waals surface area contributed by atoms with Gasteiger partial charge in [0, 0.05) is 12.5 Å². The maximum atomic E-state index is 12.2. The van der Waals surface area contributed by atoms with Crippen LogP contribution in [0.1, 0.15) is 12.8 Å². The molecule has 1 aliphatic rings. The summed E-state index contributed by atoms with van der Waals surface area (Å²) in [6.45, 7) is 1.12. The molecular weight excluding hydrogens is 161 g/mol. The van der Waals surface area contributed by atoms with Crippen molar-refractivity contribution in [2.24, 2.45) is 5.92 Å². The van der Waals surface area contributed by atoms with Crippen molar-refractivity contribution in [3.05, 3.63) is 0 Å². The fourth-order valence-corrected chi connectivity index (χ4v) is 1.61. The lowest BCUT2D eigenvalue weighted by atomic mass is 10.00. The number of alkyl halides is 1. The molecular formula is C8H14FNO2. The minimum absolute atomic E-state index is 0.0521. The van der Waals surface area contributed by atoms with Gasteiger partial charge < -0.3 is 5.11 Å². The molecule has 0 aromatic carbocycles. The molecule has 1 heterocycles. The lowest BCUT2D eigenvalue weighted by Gasteiger charge is -2.29. The Morgan fingerprint density at radius 3 is 3.00 bits per heavy atom. The van der Waals surface area contributed by atoms with Crippen LogP contribution in [0.4, 0.5) is 4.39 Å². The zero-order valence-corrected chi connectivity index (χ0v) is 7.00. The summed E-state index contributed by atoms with van der Waals surface area (Å²) >= 11 is 0. The van der Waals surface area contributed by atoms with Crippen LogP contribution in [0.5, 0.6) is 0 Å². The molecule has 12 heavy (non-hydrogen) atoms. The van der Waals surface area contributed by atoms with E-state index in [9.17, 15) is 9.18 Å². The summed E-state index contributed by atoms with van der Waals surface area (Å²) < 4.78 is 12.2. The van der Waals surface area contributed by atoms with Crippen LogP contribution >= 0.6 is 0 Å². The van der Waals surface area contributed by atoms with Gasteiger partial charge in [0.15, 0.2) is 0 Å². The van der Waals surface area contributed by atoms with Crippen molar-refractivity contribution < 1.29 is 14.3 Å². The predicted molar refractivity (Wildman–Crippen MR) is 42.8 cm³/mol. The van der Waals surface area contributed by atoms with Gasteiger partial charge in [0.1, 0.15) is 0 Å². The van der Waals surface area contributed by atoms with Crippen LogP contribution in [0.15, 0.2) is 0 Å². The topological polar surface area (TPSA) is 40.5 Å². The molecule has 0 bridgehead atoms. The van der Waals surface area contributed by atoms with Crippen molar-refractivity contribution in [3.8, 4) is 0 Å². The first-order chi connectivity index (χ1) is 5.72. The molecule has 0 aromatic rings. The maximum absolute atomic E-state index is 12.2. The zero-order valence-electron chi connectivity index (χ0n) is 7.00. The number of hydrogen-bond donors (Lipinski definition) is 1. The van der Waals surface area contributed by atoms with E-state index in [4.69, 9.17) is 5.11 Å². The van der Waals surface area contributed by atoms with Crippen LogP contribution in [-0.4, -0.2) is 42.3 Å². The molecule has 70 valence electrons. The van der Waals surface area contributed by atoms with Crippen molar-refractivity contribution in [3.63, 3.8) is 0 Å². The molecule has 0 saturated carbocycles. The van der Waals surface area contributed by atoms with E-state index in [2.05, 4.69) is 0 Å². The number of hydrogen-bond acceptors (Lipinski definition) is 2. The Bertz CT molecular complexity index is 163. The molecule has 1 rings (SSSR count). The van der Waals surface area contributed by atoms with Gasteiger partial charge in [0.2, 0.25) is 0 Å². The summed E-state index contributed by atoms with van der Waals surface area (Å²) in [5, 5.41) is 8.49. The predicted octanol–water partition coefficient (Wildman–Crippen LogP) is 0.752. The molecule has 3 nitrogen and oxygen atoms in total. The van der Waals surface area contributed by atoms with Crippen LogP contribution < -0.4 is 0 Å². The summed E-state index contributed by atoms with van der Waals surface area (Å²) in [6, 6.07) is 0. The van der Waals surface area contributed by atoms with Crippen LogP contribution in [0.2, 0.25) is 0 Å². The Hall–Kier alpha value is -0.640. The van der Waals surface area contributed by atoms with E-state index >= 15 is 0 Å². The second kappa shape index (κ2) is 4.40. The Labute approximate surface area is 71.2 Å². The van der Waals surface area contributed by atoms with Crippen LogP contribution in [0.25, 0.3) is 0 Å². The molecule has 0 aromatic heterocycles. The van der Waals surface area contributed by atoms with Crippen molar-refractivity contribution in [1.29, 1.82) is 0 Å². The Morgan fingerprint density at radius 1 is 1.67 bits per heavy atom. The van der Waals surface area contributed by atoms with Gasteiger partial charge in [-0.15, -0.1) is 0 Å². The average molecular weight is 175 g/mol. The number of carboxylic acids is 1. The number of halogens is 1. The highest BCUT2D eigenvalue weighted by atomic mass is 19.1. The molecule has 1 aliphatic heterocycles. The van der Waals surface area contributed by atoms with Gasteiger partial charge in [-0.25, -0.2) is 0 Å². The van der Waals surface area contributed by atoms with Gasteiger partial charge >= 0.3 is 5.97 Å². The van der Waals surface area contributed by atoms with E-state index in [1.165, 1.54) is 0 Å². The van der Waals surface area contributed by atoms with Crippen molar-refractivity contribution in [1.82, 2.24) is 4.90 Å². The summed E-state index contributed by atoms with van der Waals surface area (Å²) in [6.07, 6.45) is 1.81. The number of carbonyl (C=O) groups is 1. The molecule has 1 atom stereocenters. The van der Waals surface area contributed by atoms with Crippen LogP contribution in [0, 0.1) is 5.92 Å². The second-order valence-corrected chi connectivity index (χ2v) is 3.29. The Balaban J connectivity index is 2.30. The highest BCUT2D eigenvalue weighted by molar-refractivity contribution is 5.69. The molecule has 0 aliphatic carbocycles. The quantitative estimate of drug-likeness (QED) is 0.688. The summed E-state index contributed by atoms with van der Waals surface area (Å²) in [7, 11) is 0. The molecule has 0 spiro atoms. The van der Waals surface area contributed by atoms with Crippen molar-refractivity contribution in [2.45, 2.75) is 12.8 Å². The van der Waals surface area contributed by atoms with Gasteiger partial charge in [0.25, 0.3) is 0 Å². The van der Waals surface area contributed by atoms with Gasteiger partial charge in [-0.05, 0) is 19.4 Å². The maximum Gasteiger partial charge on any atom is 0.317 e. The van der Waals surface area contributed by atoms with Gasteiger partial charge in [0.05, 0.1) is 13.2 Å². The average Bonchev–Trinajstić information content (AvgIpc) is 2.03. The number of carboxylic acid groups (broad SMARTS) is 1. The molecule has 1 N–H and O–H groups in total.